The highest BCUT2D eigenvalue weighted by molar-refractivity contribution is 5.91. The van der Waals surface area contributed by atoms with Gasteiger partial charge in [0.1, 0.15) is 11.6 Å². The molecular formula is C17H22F2N2O2. The molecule has 23 heavy (non-hydrogen) atoms. The van der Waals surface area contributed by atoms with Gasteiger partial charge in [0.2, 0.25) is 5.91 Å². The van der Waals surface area contributed by atoms with E-state index in [0.29, 0.717) is 6.54 Å². The topological polar surface area (TPSA) is 52.6 Å². The predicted molar refractivity (Wildman–Crippen MR) is 84.7 cm³/mol. The van der Waals surface area contributed by atoms with Gasteiger partial charge in [-0.05, 0) is 44.0 Å². The second kappa shape index (κ2) is 8.74. The van der Waals surface area contributed by atoms with Crippen LogP contribution in [-0.2, 0) is 4.79 Å². The normalized spacial score (nSPS) is 16.8. The third-order valence-corrected chi connectivity index (χ3v) is 3.91. The third kappa shape index (κ3) is 5.73. The summed E-state index contributed by atoms with van der Waals surface area (Å²) in [6.07, 6.45) is 4.48. The first-order valence-corrected chi connectivity index (χ1v) is 7.86. The number of carbonyl (C=O) groups is 1. The molecule has 0 unspecified atom stereocenters. The van der Waals surface area contributed by atoms with Crippen molar-refractivity contribution in [1.29, 1.82) is 0 Å². The zero-order chi connectivity index (χ0) is 16.7. The molecular weight excluding hydrogens is 302 g/mol. The van der Waals surface area contributed by atoms with Crippen molar-refractivity contribution in [3.8, 4) is 0 Å². The highest BCUT2D eigenvalue weighted by Gasteiger charge is 2.16. The summed E-state index contributed by atoms with van der Waals surface area (Å²) in [5, 5.41) is 12.1. The van der Waals surface area contributed by atoms with E-state index in [9.17, 15) is 18.7 Å². The monoisotopic (exact) mass is 324 g/mol. The Hall–Kier alpha value is -1.79. The molecule has 0 atom stereocenters. The zero-order valence-electron chi connectivity index (χ0n) is 13.0. The second-order valence-electron chi connectivity index (χ2n) is 5.69. The minimum absolute atomic E-state index is 0.185. The van der Waals surface area contributed by atoms with E-state index in [4.69, 9.17) is 0 Å². The molecule has 0 bridgehead atoms. The lowest BCUT2D eigenvalue weighted by Crippen LogP contribution is -2.37. The first-order chi connectivity index (χ1) is 11.1. The lowest BCUT2D eigenvalue weighted by molar-refractivity contribution is -0.116. The zero-order valence-corrected chi connectivity index (χ0v) is 13.0. The summed E-state index contributed by atoms with van der Waals surface area (Å²) in [6.45, 7) is 3.11. The average Bonchev–Trinajstić information content (AvgIpc) is 2.53. The van der Waals surface area contributed by atoms with Gasteiger partial charge in [-0.15, -0.1) is 0 Å². The van der Waals surface area contributed by atoms with E-state index in [1.165, 1.54) is 6.07 Å². The van der Waals surface area contributed by atoms with Crippen LogP contribution in [0.5, 0.6) is 0 Å². The van der Waals surface area contributed by atoms with E-state index in [0.717, 1.165) is 63.2 Å². The Labute approximate surface area is 134 Å². The molecule has 126 valence electrons. The minimum atomic E-state index is -0.693. The molecule has 6 heteroatoms. The van der Waals surface area contributed by atoms with Crippen molar-refractivity contribution in [2.75, 3.05) is 26.2 Å². The van der Waals surface area contributed by atoms with Crippen LogP contribution in [0.15, 0.2) is 24.3 Å². The van der Waals surface area contributed by atoms with Crippen molar-refractivity contribution >= 4 is 12.0 Å². The molecule has 4 nitrogen and oxygen atoms in total. The maximum atomic E-state index is 13.4. The molecule has 0 radical (unpaired) electrons. The Morgan fingerprint density at radius 1 is 1.30 bits per heavy atom. The van der Waals surface area contributed by atoms with Crippen LogP contribution in [0.1, 0.15) is 24.8 Å². The summed E-state index contributed by atoms with van der Waals surface area (Å²) < 4.78 is 26.8. The SMILES string of the molecule is O=C(C=Cc1c(F)cccc1F)NCCCN1CCC(O)CC1. The number of carbonyl (C=O) groups excluding carboxylic acids is 1. The van der Waals surface area contributed by atoms with Crippen LogP contribution in [0.25, 0.3) is 6.08 Å². The fourth-order valence-electron chi connectivity index (χ4n) is 2.55. The van der Waals surface area contributed by atoms with Crippen LogP contribution >= 0.6 is 0 Å². The number of amides is 1. The maximum Gasteiger partial charge on any atom is 0.244 e. The standard InChI is InChI=1S/C17H22F2N2O2/c18-15-3-1-4-16(19)14(15)5-6-17(23)20-9-2-10-21-11-7-13(22)8-12-21/h1,3-6,13,22H,2,7-12H2,(H,20,23). The van der Waals surface area contributed by atoms with Crippen molar-refractivity contribution in [3.63, 3.8) is 0 Å². The van der Waals surface area contributed by atoms with E-state index in [2.05, 4.69) is 10.2 Å². The first-order valence-electron chi connectivity index (χ1n) is 7.86. The molecule has 1 fully saturated rings. The molecule has 1 aromatic carbocycles. The van der Waals surface area contributed by atoms with Gasteiger partial charge in [0, 0.05) is 31.3 Å². The van der Waals surface area contributed by atoms with Gasteiger partial charge in [-0.1, -0.05) is 6.07 Å². The van der Waals surface area contributed by atoms with Gasteiger partial charge in [-0.25, -0.2) is 8.78 Å². The molecule has 1 saturated heterocycles. The van der Waals surface area contributed by atoms with Crippen molar-refractivity contribution in [2.45, 2.75) is 25.4 Å². The Morgan fingerprint density at radius 3 is 2.61 bits per heavy atom. The Balaban J connectivity index is 1.68. The highest BCUT2D eigenvalue weighted by atomic mass is 19.1. The molecule has 1 amide bonds. The van der Waals surface area contributed by atoms with Crippen LogP contribution in [0.4, 0.5) is 8.78 Å². The number of benzene rings is 1. The molecule has 1 aliphatic rings. The number of aliphatic hydroxyl groups excluding tert-OH is 1. The molecule has 1 aliphatic heterocycles. The molecule has 0 saturated carbocycles. The Bertz CT molecular complexity index is 535. The third-order valence-electron chi connectivity index (χ3n) is 3.91. The van der Waals surface area contributed by atoms with E-state index in [1.54, 1.807) is 0 Å². The molecule has 1 aromatic rings. The number of nitrogens with zero attached hydrogens (tertiary/aromatic N) is 1. The fourth-order valence-corrected chi connectivity index (χ4v) is 2.55. The summed E-state index contributed by atoms with van der Waals surface area (Å²) in [5.74, 6) is -1.76. The van der Waals surface area contributed by atoms with Gasteiger partial charge in [0.05, 0.1) is 6.10 Å². The summed E-state index contributed by atoms with van der Waals surface area (Å²) in [4.78, 5) is 13.9. The number of aliphatic hydroxyl groups is 1. The maximum absolute atomic E-state index is 13.4. The molecule has 0 spiro atoms. The van der Waals surface area contributed by atoms with Crippen molar-refractivity contribution in [2.24, 2.45) is 0 Å². The van der Waals surface area contributed by atoms with E-state index in [-0.39, 0.29) is 17.6 Å². The van der Waals surface area contributed by atoms with Crippen LogP contribution in [0, 0.1) is 11.6 Å². The van der Waals surface area contributed by atoms with Crippen molar-refractivity contribution < 1.29 is 18.7 Å². The van der Waals surface area contributed by atoms with Gasteiger partial charge < -0.3 is 15.3 Å². The summed E-state index contributed by atoms with van der Waals surface area (Å²) >= 11 is 0. The molecule has 0 aromatic heterocycles. The summed E-state index contributed by atoms with van der Waals surface area (Å²) in [7, 11) is 0. The first kappa shape index (κ1) is 17.6. The minimum Gasteiger partial charge on any atom is -0.393 e. The lowest BCUT2D eigenvalue weighted by Gasteiger charge is -2.29. The van der Waals surface area contributed by atoms with Gasteiger partial charge in [0.15, 0.2) is 0 Å². The smallest absolute Gasteiger partial charge is 0.244 e. The number of hydrogen-bond donors (Lipinski definition) is 2. The molecule has 1 heterocycles. The van der Waals surface area contributed by atoms with Gasteiger partial charge in [-0.3, -0.25) is 4.79 Å². The fraction of sp³-hybridized carbons (Fsp3) is 0.471. The molecule has 0 aliphatic carbocycles. The van der Waals surface area contributed by atoms with E-state index < -0.39 is 11.6 Å². The highest BCUT2D eigenvalue weighted by Crippen LogP contribution is 2.13. The average molecular weight is 324 g/mol. The van der Waals surface area contributed by atoms with E-state index in [1.807, 2.05) is 0 Å². The quantitative estimate of drug-likeness (QED) is 0.621. The largest absolute Gasteiger partial charge is 0.393 e. The number of piperidine rings is 1. The molecule has 2 N–H and O–H groups in total. The van der Waals surface area contributed by atoms with E-state index >= 15 is 0 Å². The Morgan fingerprint density at radius 2 is 1.96 bits per heavy atom. The molecule has 2 rings (SSSR count). The number of hydrogen-bond acceptors (Lipinski definition) is 3. The lowest BCUT2D eigenvalue weighted by atomic mass is 10.1. The second-order valence-corrected chi connectivity index (χ2v) is 5.69. The van der Waals surface area contributed by atoms with Gasteiger partial charge in [-0.2, -0.15) is 0 Å². The van der Waals surface area contributed by atoms with Crippen molar-refractivity contribution in [3.05, 3.63) is 41.5 Å². The van der Waals surface area contributed by atoms with Crippen molar-refractivity contribution in [1.82, 2.24) is 10.2 Å². The summed E-state index contributed by atoms with van der Waals surface area (Å²) in [6, 6.07) is 3.58. The van der Waals surface area contributed by atoms with Crippen LogP contribution in [-0.4, -0.2) is 48.2 Å². The van der Waals surface area contributed by atoms with Crippen LogP contribution in [0.2, 0.25) is 0 Å². The van der Waals surface area contributed by atoms with Crippen LogP contribution < -0.4 is 5.32 Å². The Kier molecular flexibility index (Phi) is 6.67. The van der Waals surface area contributed by atoms with Gasteiger partial charge in [0.25, 0.3) is 0 Å². The van der Waals surface area contributed by atoms with Gasteiger partial charge >= 0.3 is 0 Å². The van der Waals surface area contributed by atoms with Crippen LogP contribution in [0.3, 0.4) is 0 Å². The number of halogens is 2. The number of likely N-dealkylation sites (tertiary alicyclic amines) is 1. The predicted octanol–water partition coefficient (Wildman–Crippen LogP) is 1.94. The number of nitrogens with one attached hydrogen (secondary N) is 1. The number of rotatable bonds is 6. The summed E-state index contributed by atoms with van der Waals surface area (Å²) in [5.41, 5.74) is -0.213.